The first-order valence-corrected chi connectivity index (χ1v) is 11.4. The minimum absolute atomic E-state index is 0.0175. The van der Waals surface area contributed by atoms with Crippen molar-refractivity contribution in [2.75, 3.05) is 12.4 Å². The molecule has 4 aromatic rings. The maximum absolute atomic E-state index is 12.9. The van der Waals surface area contributed by atoms with Crippen LogP contribution in [0.15, 0.2) is 90.5 Å². The summed E-state index contributed by atoms with van der Waals surface area (Å²) < 4.78 is 11.6. The molecule has 4 aromatic carbocycles. The Balaban J connectivity index is 1.62. The number of benzene rings is 4. The average molecular weight is 463 g/mol. The summed E-state index contributed by atoms with van der Waals surface area (Å²) in [5, 5.41) is 14.8. The lowest BCUT2D eigenvalue weighted by Gasteiger charge is -2.13. The van der Waals surface area contributed by atoms with E-state index in [1.165, 1.54) is 0 Å². The summed E-state index contributed by atoms with van der Waals surface area (Å²) in [4.78, 5) is 12.9. The molecule has 0 aliphatic rings. The maximum Gasteiger partial charge on any atom is 0.266 e. The molecule has 0 aliphatic heterocycles. The van der Waals surface area contributed by atoms with Gasteiger partial charge < -0.3 is 14.8 Å². The summed E-state index contributed by atoms with van der Waals surface area (Å²) in [7, 11) is 1.58. The Labute approximate surface area is 205 Å². The van der Waals surface area contributed by atoms with Crippen molar-refractivity contribution in [1.82, 2.24) is 0 Å². The van der Waals surface area contributed by atoms with Gasteiger partial charge in [-0.05, 0) is 52.6 Å². The lowest BCUT2D eigenvalue weighted by molar-refractivity contribution is -0.112. The number of fused-ring (bicyclic) bond motifs is 1. The molecule has 0 aliphatic carbocycles. The van der Waals surface area contributed by atoms with E-state index in [9.17, 15) is 10.1 Å². The molecule has 0 radical (unpaired) electrons. The Morgan fingerprint density at radius 1 is 0.971 bits per heavy atom. The number of nitrogens with zero attached hydrogens (tertiary/aromatic N) is 1. The van der Waals surface area contributed by atoms with E-state index >= 15 is 0 Å². The third-order valence-corrected chi connectivity index (χ3v) is 5.80. The van der Waals surface area contributed by atoms with Crippen molar-refractivity contribution < 1.29 is 14.3 Å². The molecule has 1 amide bonds. The second-order valence-electron chi connectivity index (χ2n) is 7.97. The zero-order valence-corrected chi connectivity index (χ0v) is 19.7. The highest BCUT2D eigenvalue weighted by Crippen LogP contribution is 2.29. The fraction of sp³-hybridized carbons (Fsp3) is 0.133. The zero-order valence-electron chi connectivity index (χ0n) is 19.7. The van der Waals surface area contributed by atoms with Gasteiger partial charge in [-0.15, -0.1) is 0 Å². The van der Waals surface area contributed by atoms with Gasteiger partial charge in [-0.25, -0.2) is 0 Å². The summed E-state index contributed by atoms with van der Waals surface area (Å²) in [5.41, 5.74) is 3.33. The third-order valence-electron chi connectivity index (χ3n) is 5.80. The van der Waals surface area contributed by atoms with Gasteiger partial charge >= 0.3 is 0 Å². The Kier molecular flexibility index (Phi) is 7.44. The number of ether oxygens (including phenoxy) is 2. The molecule has 0 bridgehead atoms. The van der Waals surface area contributed by atoms with Crippen molar-refractivity contribution in [2.24, 2.45) is 0 Å². The van der Waals surface area contributed by atoms with Crippen LogP contribution >= 0.6 is 0 Å². The summed E-state index contributed by atoms with van der Waals surface area (Å²) in [6, 6.07) is 29.1. The number of aryl methyl sites for hydroxylation is 1. The predicted molar refractivity (Wildman–Crippen MR) is 139 cm³/mol. The highest BCUT2D eigenvalue weighted by molar-refractivity contribution is 6.10. The van der Waals surface area contributed by atoms with E-state index in [2.05, 4.69) is 23.5 Å². The van der Waals surface area contributed by atoms with Crippen LogP contribution in [0.5, 0.6) is 11.5 Å². The van der Waals surface area contributed by atoms with Crippen molar-refractivity contribution in [2.45, 2.75) is 20.0 Å². The molecule has 0 unspecified atom stereocenters. The zero-order chi connectivity index (χ0) is 24.6. The average Bonchev–Trinajstić information content (AvgIpc) is 2.91. The first-order valence-electron chi connectivity index (χ1n) is 11.4. The largest absolute Gasteiger partial charge is 0.497 e. The first kappa shape index (κ1) is 23.6. The van der Waals surface area contributed by atoms with Crippen LogP contribution in [-0.4, -0.2) is 13.0 Å². The quantitative estimate of drug-likeness (QED) is 0.239. The maximum atomic E-state index is 12.9. The van der Waals surface area contributed by atoms with Crippen molar-refractivity contribution in [3.63, 3.8) is 0 Å². The molecule has 0 fully saturated rings. The van der Waals surface area contributed by atoms with Gasteiger partial charge in [0.25, 0.3) is 5.91 Å². The topological polar surface area (TPSA) is 71.4 Å². The van der Waals surface area contributed by atoms with Gasteiger partial charge in [-0.3, -0.25) is 4.79 Å². The van der Waals surface area contributed by atoms with Gasteiger partial charge in [0.1, 0.15) is 29.7 Å². The fourth-order valence-corrected chi connectivity index (χ4v) is 3.90. The normalized spacial score (nSPS) is 11.1. The minimum Gasteiger partial charge on any atom is -0.497 e. The molecule has 5 nitrogen and oxygen atoms in total. The molecule has 35 heavy (non-hydrogen) atoms. The number of para-hydroxylation sites is 1. The number of amides is 1. The molecule has 0 heterocycles. The van der Waals surface area contributed by atoms with Gasteiger partial charge in [0.15, 0.2) is 0 Å². The van der Waals surface area contributed by atoms with E-state index in [4.69, 9.17) is 9.47 Å². The number of methoxy groups -OCH3 is 1. The molecular weight excluding hydrogens is 436 g/mol. The number of rotatable bonds is 8. The SMILES string of the molecule is CCc1ccccc1NC(=O)/C(C#N)=C/c1ccc(OC)cc1OCc1cccc2ccccc12. The number of nitrogens with one attached hydrogen (secondary N) is 1. The highest BCUT2D eigenvalue weighted by Gasteiger charge is 2.14. The Bertz CT molecular complexity index is 1430. The monoisotopic (exact) mass is 462 g/mol. The first-order chi connectivity index (χ1) is 17.1. The number of hydrogen-bond donors (Lipinski definition) is 1. The molecule has 0 atom stereocenters. The fourth-order valence-electron chi connectivity index (χ4n) is 3.90. The smallest absolute Gasteiger partial charge is 0.266 e. The van der Waals surface area contributed by atoms with Gasteiger partial charge in [0.2, 0.25) is 0 Å². The van der Waals surface area contributed by atoms with Gasteiger partial charge in [-0.1, -0.05) is 67.6 Å². The predicted octanol–water partition coefficient (Wildman–Crippen LogP) is 6.54. The highest BCUT2D eigenvalue weighted by atomic mass is 16.5. The van der Waals surface area contributed by atoms with Crippen LogP contribution in [0.4, 0.5) is 5.69 Å². The lowest BCUT2D eigenvalue weighted by atomic mass is 10.1. The van der Waals surface area contributed by atoms with Gasteiger partial charge in [0, 0.05) is 17.3 Å². The Morgan fingerprint density at radius 3 is 2.51 bits per heavy atom. The molecule has 0 aromatic heterocycles. The molecule has 5 heteroatoms. The van der Waals surface area contributed by atoms with Crippen molar-refractivity contribution in [3.05, 3.63) is 107 Å². The third kappa shape index (κ3) is 5.51. The molecule has 0 spiro atoms. The van der Waals surface area contributed by atoms with Crippen molar-refractivity contribution >= 4 is 28.4 Å². The van der Waals surface area contributed by atoms with Crippen LogP contribution in [0, 0.1) is 11.3 Å². The number of carbonyl (C=O) groups is 1. The second kappa shape index (κ2) is 11.0. The number of nitriles is 1. The van der Waals surface area contributed by atoms with Gasteiger partial charge in [-0.2, -0.15) is 5.26 Å². The van der Waals surface area contributed by atoms with Gasteiger partial charge in [0.05, 0.1) is 7.11 Å². The van der Waals surface area contributed by atoms with E-state index in [0.29, 0.717) is 29.4 Å². The Hall–Kier alpha value is -4.56. The van der Waals surface area contributed by atoms with E-state index in [0.717, 1.165) is 28.3 Å². The lowest BCUT2D eigenvalue weighted by Crippen LogP contribution is -2.14. The number of anilines is 1. The minimum atomic E-state index is -0.468. The van der Waals surface area contributed by atoms with Crippen LogP contribution in [0.25, 0.3) is 16.8 Å². The van der Waals surface area contributed by atoms with E-state index < -0.39 is 5.91 Å². The number of hydrogen-bond acceptors (Lipinski definition) is 4. The summed E-state index contributed by atoms with van der Waals surface area (Å²) >= 11 is 0. The molecule has 174 valence electrons. The molecule has 0 saturated heterocycles. The summed E-state index contributed by atoms with van der Waals surface area (Å²) in [6.45, 7) is 2.34. The van der Waals surface area contributed by atoms with E-state index in [1.54, 1.807) is 31.4 Å². The van der Waals surface area contributed by atoms with E-state index in [1.807, 2.05) is 61.5 Å². The summed E-state index contributed by atoms with van der Waals surface area (Å²) in [5.74, 6) is 0.672. The molecule has 1 N–H and O–H groups in total. The number of carbonyl (C=O) groups excluding carboxylic acids is 1. The molecular formula is C30H26N2O3. The molecule has 0 saturated carbocycles. The molecule has 4 rings (SSSR count). The van der Waals surface area contributed by atoms with Crippen molar-refractivity contribution in [3.8, 4) is 17.6 Å². The standard InChI is InChI=1S/C30H26N2O3/c1-3-21-9-5-7-14-28(21)32-30(33)25(19-31)17-23-15-16-26(34-2)18-29(23)35-20-24-12-8-11-22-10-4-6-13-27(22)24/h4-18H,3,20H2,1-2H3,(H,32,33)/b25-17+. The Morgan fingerprint density at radius 2 is 1.71 bits per heavy atom. The van der Waals surface area contributed by atoms with Crippen LogP contribution in [0.2, 0.25) is 0 Å². The second-order valence-corrected chi connectivity index (χ2v) is 7.97. The van der Waals surface area contributed by atoms with Crippen LogP contribution in [0.3, 0.4) is 0 Å². The van der Waals surface area contributed by atoms with Crippen LogP contribution < -0.4 is 14.8 Å². The van der Waals surface area contributed by atoms with Crippen molar-refractivity contribution in [1.29, 1.82) is 5.26 Å². The summed E-state index contributed by atoms with van der Waals surface area (Å²) in [6.07, 6.45) is 2.31. The van der Waals surface area contributed by atoms with E-state index in [-0.39, 0.29) is 5.57 Å². The van der Waals surface area contributed by atoms with Crippen LogP contribution in [0.1, 0.15) is 23.6 Å². The van der Waals surface area contributed by atoms with Crippen LogP contribution in [-0.2, 0) is 17.8 Å².